The van der Waals surface area contributed by atoms with Crippen molar-refractivity contribution in [3.8, 4) is 16.3 Å². The number of thiophene rings is 1. The van der Waals surface area contributed by atoms with Crippen LogP contribution in [0.4, 0.5) is 0 Å². The van der Waals surface area contributed by atoms with Crippen molar-refractivity contribution < 1.29 is 5.11 Å². The molecule has 5 nitrogen and oxygen atoms in total. The molecule has 3 aromatic rings. The molecule has 6 heteroatoms. The lowest BCUT2D eigenvalue weighted by atomic mass is 10.1. The van der Waals surface area contributed by atoms with Gasteiger partial charge in [-0.25, -0.2) is 0 Å². The predicted molar refractivity (Wildman–Crippen MR) is 74.9 cm³/mol. The van der Waals surface area contributed by atoms with E-state index in [9.17, 15) is 9.90 Å². The van der Waals surface area contributed by atoms with Crippen molar-refractivity contribution in [2.24, 2.45) is 0 Å². The number of aromatic hydroxyl groups is 1. The predicted octanol–water partition coefficient (Wildman–Crippen LogP) is 2.58. The second kappa shape index (κ2) is 4.24. The maximum atomic E-state index is 12.1. The highest BCUT2D eigenvalue weighted by Gasteiger charge is 2.18. The summed E-state index contributed by atoms with van der Waals surface area (Å²) in [5.41, 5.74) is 1.43. The highest BCUT2D eigenvalue weighted by molar-refractivity contribution is 7.13. The van der Waals surface area contributed by atoms with Gasteiger partial charge in [0.2, 0.25) is 5.88 Å². The van der Waals surface area contributed by atoms with Gasteiger partial charge in [-0.1, -0.05) is 19.9 Å². The first-order chi connectivity index (χ1) is 9.09. The molecule has 19 heavy (non-hydrogen) atoms. The molecule has 0 saturated heterocycles. The molecule has 0 aliphatic heterocycles. The Bertz CT molecular complexity index is 784. The van der Waals surface area contributed by atoms with Crippen LogP contribution in [0.1, 0.15) is 25.3 Å². The fraction of sp³-hybridized carbons (Fsp3) is 0.231. The maximum absolute atomic E-state index is 12.1. The molecule has 0 spiro atoms. The molecule has 0 radical (unpaired) electrons. The quantitative estimate of drug-likeness (QED) is 0.755. The first-order valence-corrected chi connectivity index (χ1v) is 6.84. The number of nitrogens with zero attached hydrogens (tertiary/aromatic N) is 2. The molecule has 0 aromatic carbocycles. The topological polar surface area (TPSA) is 70.4 Å². The zero-order valence-electron chi connectivity index (χ0n) is 10.5. The van der Waals surface area contributed by atoms with Crippen LogP contribution < -0.4 is 5.56 Å². The molecular weight excluding hydrogens is 262 g/mol. The van der Waals surface area contributed by atoms with E-state index in [1.165, 1.54) is 4.52 Å². The Morgan fingerprint density at radius 2 is 2.26 bits per heavy atom. The van der Waals surface area contributed by atoms with Gasteiger partial charge >= 0.3 is 0 Å². The van der Waals surface area contributed by atoms with Crippen LogP contribution in [-0.2, 0) is 0 Å². The molecule has 0 aliphatic rings. The van der Waals surface area contributed by atoms with Gasteiger partial charge in [-0.2, -0.15) is 9.61 Å². The summed E-state index contributed by atoms with van der Waals surface area (Å²) in [7, 11) is 0. The summed E-state index contributed by atoms with van der Waals surface area (Å²) in [4.78, 5) is 15.9. The summed E-state index contributed by atoms with van der Waals surface area (Å²) in [6, 6.07) is 3.89. The first kappa shape index (κ1) is 12.0. The van der Waals surface area contributed by atoms with Crippen molar-refractivity contribution in [2.45, 2.75) is 19.8 Å². The van der Waals surface area contributed by atoms with Gasteiger partial charge in [-0.05, 0) is 17.4 Å². The number of fused-ring (bicyclic) bond motifs is 1. The maximum Gasteiger partial charge on any atom is 0.258 e. The SMILES string of the molecule is CC(C)c1c(O)n2ncc(-c3cccs3)c2[nH]c1=O. The smallest absolute Gasteiger partial charge is 0.258 e. The van der Waals surface area contributed by atoms with Crippen molar-refractivity contribution in [3.63, 3.8) is 0 Å². The summed E-state index contributed by atoms with van der Waals surface area (Å²) in [6.45, 7) is 3.72. The zero-order chi connectivity index (χ0) is 13.6. The second-order valence-electron chi connectivity index (χ2n) is 4.64. The lowest BCUT2D eigenvalue weighted by Crippen LogP contribution is -2.17. The average Bonchev–Trinajstić information content (AvgIpc) is 2.95. The largest absolute Gasteiger partial charge is 0.493 e. The van der Waals surface area contributed by atoms with Gasteiger partial charge in [0, 0.05) is 4.88 Å². The molecular formula is C13H13N3O2S. The minimum Gasteiger partial charge on any atom is -0.493 e. The molecule has 0 atom stereocenters. The van der Waals surface area contributed by atoms with E-state index in [0.29, 0.717) is 11.2 Å². The van der Waals surface area contributed by atoms with Crippen LogP contribution in [0.25, 0.3) is 16.1 Å². The number of nitrogens with one attached hydrogen (secondary N) is 1. The van der Waals surface area contributed by atoms with E-state index in [0.717, 1.165) is 10.4 Å². The molecule has 3 rings (SSSR count). The second-order valence-corrected chi connectivity index (χ2v) is 5.59. The van der Waals surface area contributed by atoms with Gasteiger partial charge in [0.05, 0.1) is 17.3 Å². The Labute approximate surface area is 113 Å². The average molecular weight is 275 g/mol. The van der Waals surface area contributed by atoms with Gasteiger partial charge in [-0.3, -0.25) is 4.79 Å². The number of rotatable bonds is 2. The van der Waals surface area contributed by atoms with E-state index >= 15 is 0 Å². The number of aromatic amines is 1. The van der Waals surface area contributed by atoms with Crippen LogP contribution in [-0.4, -0.2) is 19.7 Å². The van der Waals surface area contributed by atoms with Crippen molar-refractivity contribution in [1.29, 1.82) is 0 Å². The Morgan fingerprint density at radius 1 is 1.47 bits per heavy atom. The Kier molecular flexibility index (Phi) is 2.67. The summed E-state index contributed by atoms with van der Waals surface area (Å²) < 4.78 is 1.38. The van der Waals surface area contributed by atoms with Crippen molar-refractivity contribution in [2.75, 3.05) is 0 Å². The normalized spacial score (nSPS) is 11.5. The van der Waals surface area contributed by atoms with Gasteiger partial charge in [0.1, 0.15) is 5.65 Å². The molecule has 3 aromatic heterocycles. The Balaban J connectivity index is 2.35. The summed E-state index contributed by atoms with van der Waals surface area (Å²) in [5, 5.41) is 16.3. The lowest BCUT2D eigenvalue weighted by Gasteiger charge is -2.08. The van der Waals surface area contributed by atoms with Crippen molar-refractivity contribution in [1.82, 2.24) is 14.6 Å². The molecule has 98 valence electrons. The fourth-order valence-electron chi connectivity index (χ4n) is 2.15. The highest BCUT2D eigenvalue weighted by Crippen LogP contribution is 2.30. The van der Waals surface area contributed by atoms with Crippen LogP contribution in [0, 0.1) is 0 Å². The van der Waals surface area contributed by atoms with E-state index < -0.39 is 0 Å². The Hall–Kier alpha value is -2.08. The van der Waals surface area contributed by atoms with Crippen LogP contribution in [0.15, 0.2) is 28.5 Å². The molecule has 0 fully saturated rings. The molecule has 2 N–H and O–H groups in total. The van der Waals surface area contributed by atoms with E-state index in [2.05, 4.69) is 10.1 Å². The van der Waals surface area contributed by atoms with E-state index in [-0.39, 0.29) is 17.4 Å². The number of H-pyrrole nitrogens is 1. The minimum absolute atomic E-state index is 0.0671. The van der Waals surface area contributed by atoms with E-state index in [1.54, 1.807) is 17.5 Å². The van der Waals surface area contributed by atoms with Crippen LogP contribution >= 0.6 is 11.3 Å². The van der Waals surface area contributed by atoms with Crippen LogP contribution in [0.5, 0.6) is 5.88 Å². The Morgan fingerprint density at radius 3 is 2.89 bits per heavy atom. The van der Waals surface area contributed by atoms with Gasteiger partial charge in [-0.15, -0.1) is 11.3 Å². The number of aromatic nitrogens is 3. The molecule has 0 unspecified atom stereocenters. The van der Waals surface area contributed by atoms with Gasteiger partial charge in [0.25, 0.3) is 5.56 Å². The standard InChI is InChI=1S/C13H13N3O2S/c1-7(2)10-12(17)15-11-8(9-4-3-5-19-9)6-14-16(11)13(10)18/h3-7,18H,1-2H3,(H,15,17). The summed E-state index contributed by atoms with van der Waals surface area (Å²) >= 11 is 1.56. The molecule has 3 heterocycles. The monoisotopic (exact) mass is 275 g/mol. The van der Waals surface area contributed by atoms with Gasteiger partial charge < -0.3 is 10.1 Å². The summed E-state index contributed by atoms with van der Waals surface area (Å²) in [6.07, 6.45) is 1.65. The third-order valence-electron chi connectivity index (χ3n) is 3.05. The van der Waals surface area contributed by atoms with E-state index in [1.807, 2.05) is 31.4 Å². The first-order valence-electron chi connectivity index (χ1n) is 5.96. The van der Waals surface area contributed by atoms with Crippen LogP contribution in [0.2, 0.25) is 0 Å². The number of hydrogen-bond donors (Lipinski definition) is 2. The third-order valence-corrected chi connectivity index (χ3v) is 3.95. The van der Waals surface area contributed by atoms with Crippen molar-refractivity contribution >= 4 is 17.0 Å². The molecule has 0 saturated carbocycles. The van der Waals surface area contributed by atoms with Crippen molar-refractivity contribution in [3.05, 3.63) is 39.6 Å². The highest BCUT2D eigenvalue weighted by atomic mass is 32.1. The molecule has 0 amide bonds. The number of hydrogen-bond acceptors (Lipinski definition) is 4. The fourth-order valence-corrected chi connectivity index (χ4v) is 2.89. The third kappa shape index (κ3) is 1.76. The van der Waals surface area contributed by atoms with Gasteiger partial charge in [0.15, 0.2) is 0 Å². The lowest BCUT2D eigenvalue weighted by molar-refractivity contribution is 0.423. The van der Waals surface area contributed by atoms with Crippen LogP contribution in [0.3, 0.4) is 0 Å². The molecule has 0 aliphatic carbocycles. The van der Waals surface area contributed by atoms with E-state index in [4.69, 9.17) is 0 Å². The summed E-state index contributed by atoms with van der Waals surface area (Å²) in [5.74, 6) is -0.154. The molecule has 0 bridgehead atoms. The minimum atomic E-state index is -0.265. The zero-order valence-corrected chi connectivity index (χ0v) is 11.4.